The van der Waals surface area contributed by atoms with Gasteiger partial charge < -0.3 is 15.5 Å². The third-order valence-electron chi connectivity index (χ3n) is 4.28. The average molecular weight is 261 g/mol. The van der Waals surface area contributed by atoms with Gasteiger partial charge in [0, 0.05) is 37.6 Å². The third kappa shape index (κ3) is 3.03. The standard InChI is InChI=1S/C16H27N3/c1-4-13-11-15(12-14(5-2)16(13)17)19-9-7-18(6-3)8-10-19/h11-12H,4-10,17H2,1-3H3. The number of nitrogens with two attached hydrogens (primary N) is 1. The molecule has 106 valence electrons. The molecular formula is C16H27N3. The zero-order chi connectivity index (χ0) is 13.8. The SMILES string of the molecule is CCc1cc(N2CCN(CC)CC2)cc(CC)c1N. The Labute approximate surface area is 117 Å². The van der Waals surface area contributed by atoms with Crippen molar-refractivity contribution in [1.29, 1.82) is 0 Å². The number of likely N-dealkylation sites (N-methyl/N-ethyl adjacent to an activating group) is 1. The van der Waals surface area contributed by atoms with Crippen LogP contribution < -0.4 is 10.6 Å². The minimum atomic E-state index is 1.00. The molecule has 0 unspecified atom stereocenters. The maximum absolute atomic E-state index is 6.22. The predicted molar refractivity (Wildman–Crippen MR) is 83.9 cm³/mol. The lowest BCUT2D eigenvalue weighted by atomic mass is 10.0. The normalized spacial score (nSPS) is 16.9. The molecule has 1 aliphatic rings. The second-order valence-electron chi connectivity index (χ2n) is 5.31. The lowest BCUT2D eigenvalue weighted by Gasteiger charge is -2.36. The van der Waals surface area contributed by atoms with Crippen LogP contribution in [0.3, 0.4) is 0 Å². The van der Waals surface area contributed by atoms with E-state index in [0.717, 1.165) is 38.2 Å². The highest BCUT2D eigenvalue weighted by molar-refractivity contribution is 5.63. The second kappa shape index (κ2) is 6.29. The van der Waals surface area contributed by atoms with Gasteiger partial charge in [-0.05, 0) is 42.6 Å². The molecule has 0 atom stereocenters. The summed E-state index contributed by atoms with van der Waals surface area (Å²) in [5.74, 6) is 0. The molecule has 2 N–H and O–H groups in total. The Bertz CT molecular complexity index is 395. The van der Waals surface area contributed by atoms with E-state index in [9.17, 15) is 0 Å². The number of hydrogen-bond acceptors (Lipinski definition) is 3. The van der Waals surface area contributed by atoms with Gasteiger partial charge in [0.05, 0.1) is 0 Å². The Kier molecular flexibility index (Phi) is 4.70. The molecule has 0 radical (unpaired) electrons. The number of nitrogen functional groups attached to an aromatic ring is 1. The van der Waals surface area contributed by atoms with Gasteiger partial charge in [-0.15, -0.1) is 0 Å². The van der Waals surface area contributed by atoms with Crippen LogP contribution in [0.1, 0.15) is 31.9 Å². The van der Waals surface area contributed by atoms with Crippen LogP contribution in [0.4, 0.5) is 11.4 Å². The molecule has 1 saturated heterocycles. The molecule has 1 aliphatic heterocycles. The third-order valence-corrected chi connectivity index (χ3v) is 4.28. The Morgan fingerprint density at radius 3 is 1.89 bits per heavy atom. The number of hydrogen-bond donors (Lipinski definition) is 1. The molecule has 3 nitrogen and oxygen atoms in total. The fourth-order valence-electron chi connectivity index (χ4n) is 2.85. The smallest absolute Gasteiger partial charge is 0.0380 e. The minimum Gasteiger partial charge on any atom is -0.398 e. The van der Waals surface area contributed by atoms with Crippen molar-refractivity contribution < 1.29 is 0 Å². The van der Waals surface area contributed by atoms with Crippen molar-refractivity contribution in [2.24, 2.45) is 0 Å². The molecule has 1 heterocycles. The summed E-state index contributed by atoms with van der Waals surface area (Å²) < 4.78 is 0. The van der Waals surface area contributed by atoms with Crippen LogP contribution in [0, 0.1) is 0 Å². The summed E-state index contributed by atoms with van der Waals surface area (Å²) in [5.41, 5.74) is 11.2. The molecule has 0 bridgehead atoms. The van der Waals surface area contributed by atoms with Gasteiger partial charge in [0.1, 0.15) is 0 Å². The molecule has 3 heteroatoms. The van der Waals surface area contributed by atoms with Gasteiger partial charge in [-0.25, -0.2) is 0 Å². The summed E-state index contributed by atoms with van der Waals surface area (Å²) in [6.45, 7) is 12.4. The van der Waals surface area contributed by atoms with Crippen molar-refractivity contribution in [2.45, 2.75) is 33.6 Å². The first-order valence-corrected chi connectivity index (χ1v) is 7.58. The van der Waals surface area contributed by atoms with Crippen molar-refractivity contribution in [3.8, 4) is 0 Å². The van der Waals surface area contributed by atoms with Crippen LogP contribution in [0.25, 0.3) is 0 Å². The molecule has 0 amide bonds. The summed E-state index contributed by atoms with van der Waals surface area (Å²) in [5, 5.41) is 0. The summed E-state index contributed by atoms with van der Waals surface area (Å²) >= 11 is 0. The van der Waals surface area contributed by atoms with Gasteiger partial charge >= 0.3 is 0 Å². The van der Waals surface area contributed by atoms with E-state index >= 15 is 0 Å². The van der Waals surface area contributed by atoms with Crippen molar-refractivity contribution >= 4 is 11.4 Å². The van der Waals surface area contributed by atoms with Crippen LogP contribution >= 0.6 is 0 Å². The molecule has 0 aliphatic carbocycles. The van der Waals surface area contributed by atoms with Crippen LogP contribution in [0.15, 0.2) is 12.1 Å². The Balaban J connectivity index is 2.20. The molecule has 0 saturated carbocycles. The molecule has 0 spiro atoms. The molecular weight excluding hydrogens is 234 g/mol. The highest BCUT2D eigenvalue weighted by atomic mass is 15.3. The molecule has 1 fully saturated rings. The van der Waals surface area contributed by atoms with Crippen LogP contribution in [-0.2, 0) is 12.8 Å². The number of nitrogens with zero attached hydrogens (tertiary/aromatic N) is 2. The lowest BCUT2D eigenvalue weighted by molar-refractivity contribution is 0.271. The van der Waals surface area contributed by atoms with Crippen LogP contribution in [-0.4, -0.2) is 37.6 Å². The van der Waals surface area contributed by atoms with Crippen LogP contribution in [0.5, 0.6) is 0 Å². The number of rotatable bonds is 4. The highest BCUT2D eigenvalue weighted by Crippen LogP contribution is 2.27. The molecule has 19 heavy (non-hydrogen) atoms. The first-order chi connectivity index (χ1) is 9.19. The van der Waals surface area contributed by atoms with Crippen molar-refractivity contribution in [3.63, 3.8) is 0 Å². The summed E-state index contributed by atoms with van der Waals surface area (Å²) in [6.07, 6.45) is 2.03. The first kappa shape index (κ1) is 14.2. The monoisotopic (exact) mass is 261 g/mol. The maximum Gasteiger partial charge on any atom is 0.0380 e. The zero-order valence-electron chi connectivity index (χ0n) is 12.6. The van der Waals surface area contributed by atoms with E-state index in [1.807, 2.05) is 0 Å². The average Bonchev–Trinajstić information content (AvgIpc) is 2.47. The van der Waals surface area contributed by atoms with Crippen molar-refractivity contribution in [3.05, 3.63) is 23.3 Å². The summed E-state index contributed by atoms with van der Waals surface area (Å²) in [7, 11) is 0. The topological polar surface area (TPSA) is 32.5 Å². The number of aryl methyl sites for hydroxylation is 2. The predicted octanol–water partition coefficient (Wildman–Crippen LogP) is 2.54. The number of piperazine rings is 1. The van der Waals surface area contributed by atoms with E-state index < -0.39 is 0 Å². The zero-order valence-corrected chi connectivity index (χ0v) is 12.6. The molecule has 2 rings (SSSR count). The van der Waals surface area contributed by atoms with E-state index in [4.69, 9.17) is 5.73 Å². The quantitative estimate of drug-likeness (QED) is 0.845. The molecule has 1 aromatic carbocycles. The number of anilines is 2. The van der Waals surface area contributed by atoms with Crippen molar-refractivity contribution in [2.75, 3.05) is 43.4 Å². The lowest BCUT2D eigenvalue weighted by Crippen LogP contribution is -2.46. The molecule has 0 aromatic heterocycles. The van der Waals surface area contributed by atoms with Crippen LogP contribution in [0.2, 0.25) is 0 Å². The Morgan fingerprint density at radius 1 is 0.947 bits per heavy atom. The van der Waals surface area contributed by atoms with Gasteiger partial charge in [0.2, 0.25) is 0 Å². The number of benzene rings is 1. The van der Waals surface area contributed by atoms with E-state index in [0.29, 0.717) is 0 Å². The van der Waals surface area contributed by atoms with Crippen molar-refractivity contribution in [1.82, 2.24) is 4.90 Å². The minimum absolute atomic E-state index is 1.00. The van der Waals surface area contributed by atoms with E-state index in [-0.39, 0.29) is 0 Å². The van der Waals surface area contributed by atoms with E-state index in [1.54, 1.807) is 0 Å². The van der Waals surface area contributed by atoms with E-state index in [1.165, 1.54) is 29.9 Å². The maximum atomic E-state index is 6.22. The van der Waals surface area contributed by atoms with Gasteiger partial charge in [0.25, 0.3) is 0 Å². The molecule has 1 aromatic rings. The highest BCUT2D eigenvalue weighted by Gasteiger charge is 2.17. The van der Waals surface area contributed by atoms with Gasteiger partial charge in [0.15, 0.2) is 0 Å². The first-order valence-electron chi connectivity index (χ1n) is 7.58. The van der Waals surface area contributed by atoms with E-state index in [2.05, 4.69) is 42.7 Å². The second-order valence-corrected chi connectivity index (χ2v) is 5.31. The Morgan fingerprint density at radius 2 is 1.47 bits per heavy atom. The summed E-state index contributed by atoms with van der Waals surface area (Å²) in [4.78, 5) is 5.01. The largest absolute Gasteiger partial charge is 0.398 e. The van der Waals surface area contributed by atoms with Gasteiger partial charge in [-0.3, -0.25) is 0 Å². The fraction of sp³-hybridized carbons (Fsp3) is 0.625. The fourth-order valence-corrected chi connectivity index (χ4v) is 2.85. The van der Waals surface area contributed by atoms with Gasteiger partial charge in [-0.2, -0.15) is 0 Å². The Hall–Kier alpha value is -1.22. The summed E-state index contributed by atoms with van der Waals surface area (Å²) in [6, 6.07) is 4.58. The van der Waals surface area contributed by atoms with Gasteiger partial charge in [-0.1, -0.05) is 20.8 Å².